The maximum Gasteiger partial charge on any atom is 0.263 e. The van der Waals surface area contributed by atoms with E-state index in [1.807, 2.05) is 19.1 Å². The predicted octanol–water partition coefficient (Wildman–Crippen LogP) is 4.10. The van der Waals surface area contributed by atoms with Gasteiger partial charge in [-0.3, -0.25) is 4.79 Å². The summed E-state index contributed by atoms with van der Waals surface area (Å²) in [6, 6.07) is 14.9. The Morgan fingerprint density at radius 2 is 1.88 bits per heavy atom. The van der Waals surface area contributed by atoms with Gasteiger partial charge >= 0.3 is 0 Å². The van der Waals surface area contributed by atoms with E-state index in [0.717, 1.165) is 47.1 Å². The Bertz CT molecular complexity index is 941. The summed E-state index contributed by atoms with van der Waals surface area (Å²) in [5.41, 5.74) is 1.87. The van der Waals surface area contributed by atoms with E-state index in [9.17, 15) is 4.79 Å². The molecule has 1 aliphatic rings. The number of aromatic nitrogens is 1. The fourth-order valence-electron chi connectivity index (χ4n) is 3.46. The fraction of sp³-hybridized carbons (Fsp3) is 0.333. The van der Waals surface area contributed by atoms with Crippen molar-refractivity contribution in [2.75, 3.05) is 20.1 Å². The molecular formula is C21H23N3OS. The summed E-state index contributed by atoms with van der Waals surface area (Å²) >= 11 is 1.48. The third kappa shape index (κ3) is 3.50. The number of hydrogen-bond acceptors (Lipinski definition) is 4. The molecule has 26 heavy (non-hydrogen) atoms. The summed E-state index contributed by atoms with van der Waals surface area (Å²) in [4.78, 5) is 20.4. The Labute approximate surface area is 157 Å². The molecule has 134 valence electrons. The number of aryl methyl sites for hydroxylation is 1. The summed E-state index contributed by atoms with van der Waals surface area (Å²) in [7, 11) is 2.13. The van der Waals surface area contributed by atoms with Crippen LogP contribution in [0.5, 0.6) is 0 Å². The highest BCUT2D eigenvalue weighted by atomic mass is 32.1. The molecule has 2 heterocycles. The number of benzene rings is 2. The first-order valence-corrected chi connectivity index (χ1v) is 9.88. The van der Waals surface area contributed by atoms with Crippen molar-refractivity contribution in [1.29, 1.82) is 0 Å². The van der Waals surface area contributed by atoms with E-state index in [1.54, 1.807) is 0 Å². The first-order valence-electron chi connectivity index (χ1n) is 9.06. The topological polar surface area (TPSA) is 45.2 Å². The zero-order chi connectivity index (χ0) is 18.1. The molecule has 5 heteroatoms. The third-order valence-corrected chi connectivity index (χ3v) is 6.26. The molecule has 1 N–H and O–H groups in total. The molecule has 0 atom stereocenters. The van der Waals surface area contributed by atoms with Crippen LogP contribution in [0.2, 0.25) is 0 Å². The number of carbonyl (C=O) groups is 1. The summed E-state index contributed by atoms with van der Waals surface area (Å²) in [5.74, 6) is 0.0154. The SMILES string of the molecule is Cc1nc(-c2ccc3ccccc3c2)sc1C(=O)NC1CCN(C)CC1. The molecule has 0 aliphatic carbocycles. The van der Waals surface area contributed by atoms with E-state index in [1.165, 1.54) is 22.1 Å². The number of likely N-dealkylation sites (tertiary alicyclic amines) is 1. The Morgan fingerprint density at radius 3 is 2.65 bits per heavy atom. The predicted molar refractivity (Wildman–Crippen MR) is 108 cm³/mol. The van der Waals surface area contributed by atoms with Crippen molar-refractivity contribution < 1.29 is 4.79 Å². The molecule has 0 radical (unpaired) electrons. The number of rotatable bonds is 3. The third-order valence-electron chi connectivity index (χ3n) is 5.05. The smallest absolute Gasteiger partial charge is 0.263 e. The van der Waals surface area contributed by atoms with Gasteiger partial charge in [0.15, 0.2) is 0 Å². The van der Waals surface area contributed by atoms with Gasteiger partial charge < -0.3 is 10.2 Å². The van der Waals surface area contributed by atoms with Crippen molar-refractivity contribution in [3.8, 4) is 10.6 Å². The molecule has 1 fully saturated rings. The fourth-order valence-corrected chi connectivity index (χ4v) is 4.42. The molecule has 3 aromatic rings. The number of piperidine rings is 1. The van der Waals surface area contributed by atoms with E-state index >= 15 is 0 Å². The normalized spacial score (nSPS) is 16.1. The Balaban J connectivity index is 1.55. The minimum absolute atomic E-state index is 0.0154. The van der Waals surface area contributed by atoms with Crippen LogP contribution in [0, 0.1) is 6.92 Å². The van der Waals surface area contributed by atoms with Crippen molar-refractivity contribution in [2.24, 2.45) is 0 Å². The number of fused-ring (bicyclic) bond motifs is 1. The second-order valence-corrected chi connectivity index (χ2v) is 8.05. The van der Waals surface area contributed by atoms with Gasteiger partial charge in [-0.15, -0.1) is 11.3 Å². The van der Waals surface area contributed by atoms with Gasteiger partial charge in [0.1, 0.15) is 9.88 Å². The lowest BCUT2D eigenvalue weighted by molar-refractivity contribution is 0.0920. The number of nitrogens with zero attached hydrogens (tertiary/aromatic N) is 2. The molecule has 4 nitrogen and oxygen atoms in total. The Kier molecular flexibility index (Phi) is 4.74. The van der Waals surface area contributed by atoms with Crippen molar-refractivity contribution in [3.05, 3.63) is 53.0 Å². The Morgan fingerprint density at radius 1 is 1.15 bits per heavy atom. The van der Waals surface area contributed by atoms with Crippen LogP contribution in [0.1, 0.15) is 28.2 Å². The van der Waals surface area contributed by atoms with Crippen LogP contribution in [0.4, 0.5) is 0 Å². The zero-order valence-corrected chi connectivity index (χ0v) is 16.0. The number of thiazole rings is 1. The molecule has 0 spiro atoms. The van der Waals surface area contributed by atoms with Crippen LogP contribution < -0.4 is 5.32 Å². The lowest BCUT2D eigenvalue weighted by Crippen LogP contribution is -2.43. The maximum absolute atomic E-state index is 12.7. The first-order chi connectivity index (χ1) is 12.6. The molecule has 1 aromatic heterocycles. The Hall–Kier alpha value is -2.24. The maximum atomic E-state index is 12.7. The minimum atomic E-state index is 0.0154. The summed E-state index contributed by atoms with van der Waals surface area (Å²) in [6.07, 6.45) is 2.02. The van der Waals surface area contributed by atoms with Crippen molar-refractivity contribution in [2.45, 2.75) is 25.8 Å². The van der Waals surface area contributed by atoms with Gasteiger partial charge in [0.05, 0.1) is 5.69 Å². The van der Waals surface area contributed by atoms with Crippen molar-refractivity contribution in [3.63, 3.8) is 0 Å². The van der Waals surface area contributed by atoms with Crippen LogP contribution >= 0.6 is 11.3 Å². The van der Waals surface area contributed by atoms with Gasteiger partial charge in [-0.1, -0.05) is 36.4 Å². The molecule has 0 bridgehead atoms. The lowest BCUT2D eigenvalue weighted by Gasteiger charge is -2.29. The van der Waals surface area contributed by atoms with Gasteiger partial charge in [0.25, 0.3) is 5.91 Å². The molecule has 1 aliphatic heterocycles. The van der Waals surface area contributed by atoms with Crippen LogP contribution in [-0.4, -0.2) is 42.0 Å². The monoisotopic (exact) mass is 365 g/mol. The van der Waals surface area contributed by atoms with Crippen molar-refractivity contribution >= 4 is 28.0 Å². The minimum Gasteiger partial charge on any atom is -0.348 e. The molecule has 0 unspecified atom stereocenters. The highest BCUT2D eigenvalue weighted by Crippen LogP contribution is 2.30. The molecule has 0 saturated carbocycles. The zero-order valence-electron chi connectivity index (χ0n) is 15.2. The standard InChI is InChI=1S/C21H23N3OS/c1-14-19(20(25)23-18-9-11-24(2)12-10-18)26-21(22-14)17-8-7-15-5-3-4-6-16(15)13-17/h3-8,13,18H,9-12H2,1-2H3,(H,23,25). The average molecular weight is 366 g/mol. The first kappa shape index (κ1) is 17.2. The lowest BCUT2D eigenvalue weighted by atomic mass is 10.1. The van der Waals surface area contributed by atoms with Crippen LogP contribution in [-0.2, 0) is 0 Å². The van der Waals surface area contributed by atoms with Gasteiger partial charge in [0, 0.05) is 11.6 Å². The van der Waals surface area contributed by atoms with Gasteiger partial charge in [-0.25, -0.2) is 4.98 Å². The summed E-state index contributed by atoms with van der Waals surface area (Å²) < 4.78 is 0. The highest BCUT2D eigenvalue weighted by Gasteiger charge is 2.22. The van der Waals surface area contributed by atoms with Gasteiger partial charge in [-0.2, -0.15) is 0 Å². The number of nitrogens with one attached hydrogen (secondary N) is 1. The van der Waals surface area contributed by atoms with Gasteiger partial charge in [-0.05, 0) is 56.7 Å². The average Bonchev–Trinajstić information content (AvgIpc) is 3.05. The largest absolute Gasteiger partial charge is 0.348 e. The molecule has 1 amide bonds. The summed E-state index contributed by atoms with van der Waals surface area (Å²) in [6.45, 7) is 3.99. The van der Waals surface area contributed by atoms with E-state index in [4.69, 9.17) is 0 Å². The molecule has 2 aromatic carbocycles. The van der Waals surface area contributed by atoms with E-state index in [0.29, 0.717) is 0 Å². The number of hydrogen-bond donors (Lipinski definition) is 1. The molecule has 1 saturated heterocycles. The number of carbonyl (C=O) groups excluding carboxylic acids is 1. The number of amides is 1. The van der Waals surface area contributed by atoms with Crippen LogP contribution in [0.25, 0.3) is 21.3 Å². The molecule has 4 rings (SSSR count). The second kappa shape index (κ2) is 7.17. The van der Waals surface area contributed by atoms with Crippen molar-refractivity contribution in [1.82, 2.24) is 15.2 Å². The quantitative estimate of drug-likeness (QED) is 0.760. The van der Waals surface area contributed by atoms with E-state index in [-0.39, 0.29) is 11.9 Å². The molecular weight excluding hydrogens is 342 g/mol. The van der Waals surface area contributed by atoms with Gasteiger partial charge in [0.2, 0.25) is 0 Å². The second-order valence-electron chi connectivity index (χ2n) is 7.05. The van der Waals surface area contributed by atoms with E-state index in [2.05, 4.69) is 52.6 Å². The summed E-state index contributed by atoms with van der Waals surface area (Å²) in [5, 5.41) is 6.50. The van der Waals surface area contributed by atoms with E-state index < -0.39 is 0 Å². The van der Waals surface area contributed by atoms with Crippen LogP contribution in [0.15, 0.2) is 42.5 Å². The van der Waals surface area contributed by atoms with Crippen LogP contribution in [0.3, 0.4) is 0 Å². The highest BCUT2D eigenvalue weighted by molar-refractivity contribution is 7.17.